The second kappa shape index (κ2) is 32.2. The van der Waals surface area contributed by atoms with Gasteiger partial charge < -0.3 is 9.53 Å². The van der Waals surface area contributed by atoms with Gasteiger partial charge in [0.2, 0.25) is 0 Å². The molecule has 0 amide bonds. The Kier molecular flexibility index (Phi) is 31.4. The highest BCUT2D eigenvalue weighted by Crippen LogP contribution is 2.15. The van der Waals surface area contributed by atoms with Crippen LogP contribution in [-0.2, 0) is 14.3 Å². The van der Waals surface area contributed by atoms with Gasteiger partial charge in [-0.2, -0.15) is 0 Å². The fraction of sp³-hybridized carbons (Fsp3) is 0.939. The molecular formula is C33H64O3. The van der Waals surface area contributed by atoms with Crippen molar-refractivity contribution in [2.75, 3.05) is 6.61 Å². The normalized spacial score (nSPS) is 11.1. The molecule has 0 fully saturated rings. The van der Waals surface area contributed by atoms with E-state index in [1.165, 1.54) is 154 Å². The van der Waals surface area contributed by atoms with Crippen molar-refractivity contribution in [3.05, 3.63) is 0 Å². The molecule has 0 saturated heterocycles. The molecule has 214 valence electrons. The van der Waals surface area contributed by atoms with E-state index in [-0.39, 0.29) is 5.97 Å². The van der Waals surface area contributed by atoms with Crippen LogP contribution in [0.2, 0.25) is 0 Å². The molecule has 0 aromatic heterocycles. The maximum Gasteiger partial charge on any atom is 0.305 e. The van der Waals surface area contributed by atoms with Crippen LogP contribution in [0.5, 0.6) is 0 Å². The van der Waals surface area contributed by atoms with Crippen LogP contribution in [0.25, 0.3) is 0 Å². The first-order valence-electron chi connectivity index (χ1n) is 16.4. The molecule has 3 nitrogen and oxygen atoms in total. The second-order valence-corrected chi connectivity index (χ2v) is 11.1. The molecule has 0 aromatic rings. The van der Waals surface area contributed by atoms with E-state index >= 15 is 0 Å². The molecule has 0 aliphatic carbocycles. The number of aldehydes is 1. The summed E-state index contributed by atoms with van der Waals surface area (Å²) < 4.78 is 5.41. The number of ether oxygens (including phenoxy) is 1. The van der Waals surface area contributed by atoms with Crippen molar-refractivity contribution in [1.29, 1.82) is 0 Å². The van der Waals surface area contributed by atoms with Gasteiger partial charge >= 0.3 is 5.97 Å². The van der Waals surface area contributed by atoms with Crippen molar-refractivity contribution in [1.82, 2.24) is 0 Å². The Morgan fingerprint density at radius 1 is 0.472 bits per heavy atom. The highest BCUT2D eigenvalue weighted by molar-refractivity contribution is 5.69. The van der Waals surface area contributed by atoms with E-state index in [1.54, 1.807) is 0 Å². The molecule has 36 heavy (non-hydrogen) atoms. The van der Waals surface area contributed by atoms with Gasteiger partial charge in [0, 0.05) is 12.8 Å². The molecule has 0 N–H and O–H groups in total. The van der Waals surface area contributed by atoms with Gasteiger partial charge in [0.15, 0.2) is 0 Å². The summed E-state index contributed by atoms with van der Waals surface area (Å²) in [5, 5.41) is 0. The summed E-state index contributed by atoms with van der Waals surface area (Å²) in [5.41, 5.74) is 0. The quantitative estimate of drug-likeness (QED) is 0.0531. The molecule has 0 radical (unpaired) electrons. The number of rotatable bonds is 31. The van der Waals surface area contributed by atoms with Gasteiger partial charge in [-0.1, -0.05) is 161 Å². The number of carbonyl (C=O) groups excluding carboxylic acids is 2. The number of esters is 1. The molecule has 0 heterocycles. The molecule has 0 unspecified atom stereocenters. The summed E-state index contributed by atoms with van der Waals surface area (Å²) in [5.74, 6) is 0.0100. The summed E-state index contributed by atoms with van der Waals surface area (Å²) >= 11 is 0. The fourth-order valence-corrected chi connectivity index (χ4v) is 5.00. The smallest absolute Gasteiger partial charge is 0.305 e. The molecule has 0 spiro atoms. The largest absolute Gasteiger partial charge is 0.466 e. The molecule has 0 aliphatic rings. The van der Waals surface area contributed by atoms with Gasteiger partial charge in [0.25, 0.3) is 0 Å². The third-order valence-corrected chi connectivity index (χ3v) is 7.46. The minimum absolute atomic E-state index is 0.0100. The first-order chi connectivity index (χ1) is 17.8. The van der Waals surface area contributed by atoms with Gasteiger partial charge in [-0.25, -0.2) is 0 Å². The van der Waals surface area contributed by atoms with Crippen molar-refractivity contribution in [2.45, 2.75) is 193 Å². The molecule has 0 saturated carbocycles. The van der Waals surface area contributed by atoms with Gasteiger partial charge in [-0.15, -0.1) is 0 Å². The monoisotopic (exact) mass is 508 g/mol. The Bertz CT molecular complexity index is 435. The number of unbranched alkanes of at least 4 members (excludes halogenated alkanes) is 26. The van der Waals surface area contributed by atoms with Gasteiger partial charge in [0.1, 0.15) is 6.29 Å². The zero-order chi connectivity index (χ0) is 26.2. The lowest BCUT2D eigenvalue weighted by atomic mass is 10.0. The van der Waals surface area contributed by atoms with Crippen molar-refractivity contribution >= 4 is 12.3 Å². The van der Waals surface area contributed by atoms with Crippen LogP contribution < -0.4 is 0 Å². The third kappa shape index (κ3) is 31.2. The number of carbonyl (C=O) groups is 2. The van der Waals surface area contributed by atoms with Crippen LogP contribution >= 0.6 is 0 Å². The Balaban J connectivity index is 3.14. The van der Waals surface area contributed by atoms with Crippen LogP contribution in [0.1, 0.15) is 193 Å². The third-order valence-electron chi connectivity index (χ3n) is 7.46. The van der Waals surface area contributed by atoms with Crippen molar-refractivity contribution in [3.8, 4) is 0 Å². The van der Waals surface area contributed by atoms with E-state index in [0.717, 1.165) is 32.0 Å². The summed E-state index contributed by atoms with van der Waals surface area (Å²) in [6.45, 7) is 2.90. The topological polar surface area (TPSA) is 43.4 Å². The molecular weight excluding hydrogens is 444 g/mol. The van der Waals surface area contributed by atoms with Gasteiger partial charge in [0.05, 0.1) is 6.61 Å². The maximum atomic E-state index is 11.9. The highest BCUT2D eigenvalue weighted by atomic mass is 16.5. The highest BCUT2D eigenvalue weighted by Gasteiger charge is 2.02. The molecule has 0 aromatic carbocycles. The van der Waals surface area contributed by atoms with Crippen LogP contribution in [0.3, 0.4) is 0 Å². The van der Waals surface area contributed by atoms with Crippen molar-refractivity contribution < 1.29 is 14.3 Å². The minimum atomic E-state index is 0.0100. The van der Waals surface area contributed by atoms with Crippen LogP contribution in [0.4, 0.5) is 0 Å². The Hall–Kier alpha value is -0.860. The van der Waals surface area contributed by atoms with E-state index in [4.69, 9.17) is 4.74 Å². The van der Waals surface area contributed by atoms with Crippen LogP contribution in [0, 0.1) is 0 Å². The maximum absolute atomic E-state index is 11.9. The fourth-order valence-electron chi connectivity index (χ4n) is 5.00. The molecule has 0 rings (SSSR count). The van der Waals surface area contributed by atoms with Crippen LogP contribution in [-0.4, -0.2) is 18.9 Å². The van der Waals surface area contributed by atoms with Gasteiger partial charge in [-0.3, -0.25) is 4.79 Å². The van der Waals surface area contributed by atoms with Gasteiger partial charge in [-0.05, 0) is 19.3 Å². The Morgan fingerprint density at radius 2 is 0.806 bits per heavy atom. The van der Waals surface area contributed by atoms with E-state index < -0.39 is 0 Å². The predicted molar refractivity (Wildman–Crippen MR) is 157 cm³/mol. The Labute approximate surface area is 226 Å². The first-order valence-corrected chi connectivity index (χ1v) is 16.4. The standard InChI is InChI=1S/C33H64O3/c1-2-3-4-5-6-7-8-9-10-12-15-18-21-24-27-30-33(35)36-32-29-26-23-20-17-14-11-13-16-19-22-25-28-31-34/h31H,2-30,32H2,1H3. The number of hydrogen-bond donors (Lipinski definition) is 0. The SMILES string of the molecule is CCCCCCCCCCCCCCCCCC(=O)OCCCCCCCCCCCCCCC=O. The molecule has 0 aliphatic heterocycles. The Morgan fingerprint density at radius 3 is 1.19 bits per heavy atom. The van der Waals surface area contributed by atoms with E-state index in [1.807, 2.05) is 0 Å². The molecule has 0 atom stereocenters. The summed E-state index contributed by atoms with van der Waals surface area (Å²) in [6.07, 6.45) is 37.7. The lowest BCUT2D eigenvalue weighted by Crippen LogP contribution is -2.05. The first kappa shape index (κ1) is 35.1. The average Bonchev–Trinajstić information content (AvgIpc) is 2.88. The summed E-state index contributed by atoms with van der Waals surface area (Å²) in [4.78, 5) is 22.1. The zero-order valence-corrected chi connectivity index (χ0v) is 24.5. The van der Waals surface area contributed by atoms with E-state index in [2.05, 4.69) is 6.92 Å². The van der Waals surface area contributed by atoms with Crippen molar-refractivity contribution in [2.24, 2.45) is 0 Å². The minimum Gasteiger partial charge on any atom is -0.466 e. The van der Waals surface area contributed by atoms with Crippen LogP contribution in [0.15, 0.2) is 0 Å². The summed E-state index contributed by atoms with van der Waals surface area (Å²) in [7, 11) is 0. The second-order valence-electron chi connectivity index (χ2n) is 11.1. The average molecular weight is 509 g/mol. The zero-order valence-electron chi connectivity index (χ0n) is 24.5. The predicted octanol–water partition coefficient (Wildman–Crippen LogP) is 11.1. The van der Waals surface area contributed by atoms with E-state index in [9.17, 15) is 9.59 Å². The number of hydrogen-bond acceptors (Lipinski definition) is 3. The van der Waals surface area contributed by atoms with E-state index in [0.29, 0.717) is 13.0 Å². The molecule has 0 bridgehead atoms. The lowest BCUT2D eigenvalue weighted by Gasteiger charge is -2.06. The molecule has 3 heteroatoms. The van der Waals surface area contributed by atoms with Crippen molar-refractivity contribution in [3.63, 3.8) is 0 Å². The summed E-state index contributed by atoms with van der Waals surface area (Å²) in [6, 6.07) is 0. The lowest BCUT2D eigenvalue weighted by molar-refractivity contribution is -0.143.